The number of carbonyl (C=O) groups excluding carboxylic acids is 1. The molecule has 0 saturated heterocycles. The van der Waals surface area contributed by atoms with Crippen LogP contribution in [-0.2, 0) is 0 Å². The predicted octanol–water partition coefficient (Wildman–Crippen LogP) is 3.32. The molecule has 0 bridgehead atoms. The van der Waals surface area contributed by atoms with E-state index in [1.807, 2.05) is 6.92 Å². The minimum absolute atomic E-state index is 0.0296. The molecule has 1 aromatic rings. The maximum absolute atomic E-state index is 13.0. The molecule has 0 saturated carbocycles. The summed E-state index contributed by atoms with van der Waals surface area (Å²) >= 11 is 11.6. The van der Waals surface area contributed by atoms with Gasteiger partial charge in [-0.2, -0.15) is 0 Å². The zero-order chi connectivity index (χ0) is 13.8. The van der Waals surface area contributed by atoms with Crippen molar-refractivity contribution in [2.24, 2.45) is 0 Å². The molecular weight excluding hydrogens is 283 g/mol. The highest BCUT2D eigenvalue weighted by Crippen LogP contribution is 2.16. The maximum atomic E-state index is 13.0. The van der Waals surface area contributed by atoms with Crippen molar-refractivity contribution < 1.29 is 13.6 Å². The number of hydrogen-bond donors (Lipinski definition) is 1. The minimum Gasteiger partial charge on any atom is -0.344 e. The first-order chi connectivity index (χ1) is 8.48. The van der Waals surface area contributed by atoms with E-state index in [2.05, 4.69) is 5.32 Å². The highest BCUT2D eigenvalue weighted by atomic mass is 35.5. The fourth-order valence-corrected chi connectivity index (χ4v) is 2.13. The molecular formula is C12H13Cl2F2NO. The van der Waals surface area contributed by atoms with E-state index < -0.39 is 23.1 Å². The molecule has 0 aromatic heterocycles. The van der Waals surface area contributed by atoms with Gasteiger partial charge >= 0.3 is 0 Å². The highest BCUT2D eigenvalue weighted by molar-refractivity contribution is 6.22. The van der Waals surface area contributed by atoms with Crippen LogP contribution in [0.2, 0.25) is 0 Å². The van der Waals surface area contributed by atoms with Crippen LogP contribution < -0.4 is 5.32 Å². The van der Waals surface area contributed by atoms with Gasteiger partial charge in [0.2, 0.25) is 0 Å². The number of alkyl halides is 2. The van der Waals surface area contributed by atoms with Crippen LogP contribution in [0.4, 0.5) is 8.78 Å². The van der Waals surface area contributed by atoms with Gasteiger partial charge in [0.25, 0.3) is 5.91 Å². The van der Waals surface area contributed by atoms with Crippen molar-refractivity contribution in [2.75, 3.05) is 11.8 Å². The molecule has 0 radical (unpaired) electrons. The Balaban J connectivity index is 2.90. The number of nitrogens with one attached hydrogen (secondary N) is 1. The van der Waals surface area contributed by atoms with Crippen molar-refractivity contribution in [3.63, 3.8) is 0 Å². The van der Waals surface area contributed by atoms with Crippen molar-refractivity contribution >= 4 is 29.1 Å². The smallest absolute Gasteiger partial charge is 0.251 e. The normalized spacial score (nSPS) is 11.4. The summed E-state index contributed by atoms with van der Waals surface area (Å²) in [4.78, 5) is 11.9. The van der Waals surface area contributed by atoms with Gasteiger partial charge in [0.05, 0.1) is 5.54 Å². The standard InChI is InChI=1S/C12H13Cl2F2NO/c1-2-12(6-13,7-14)17-11(18)8-3-4-9(15)10(16)5-8/h3-5H,2,6-7H2,1H3,(H,17,18). The molecule has 0 aliphatic rings. The van der Waals surface area contributed by atoms with E-state index in [0.717, 1.165) is 12.1 Å². The quantitative estimate of drug-likeness (QED) is 0.830. The van der Waals surface area contributed by atoms with Gasteiger partial charge in [0.15, 0.2) is 11.6 Å². The Kier molecular flexibility index (Phi) is 5.35. The number of carbonyl (C=O) groups is 1. The second-order valence-electron chi connectivity index (χ2n) is 3.98. The van der Waals surface area contributed by atoms with Gasteiger partial charge in [-0.1, -0.05) is 6.92 Å². The molecule has 0 fully saturated rings. The van der Waals surface area contributed by atoms with Crippen LogP contribution >= 0.6 is 23.2 Å². The van der Waals surface area contributed by atoms with Gasteiger partial charge in [-0.25, -0.2) is 8.78 Å². The van der Waals surface area contributed by atoms with E-state index in [9.17, 15) is 13.6 Å². The molecule has 0 spiro atoms. The zero-order valence-electron chi connectivity index (χ0n) is 9.77. The Labute approximate surface area is 114 Å². The van der Waals surface area contributed by atoms with Crippen molar-refractivity contribution in [1.82, 2.24) is 5.32 Å². The molecule has 0 aliphatic heterocycles. The topological polar surface area (TPSA) is 29.1 Å². The third-order valence-electron chi connectivity index (χ3n) is 2.75. The fraction of sp³-hybridized carbons (Fsp3) is 0.417. The SMILES string of the molecule is CCC(CCl)(CCl)NC(=O)c1ccc(F)c(F)c1. The van der Waals surface area contributed by atoms with Crippen LogP contribution in [0.15, 0.2) is 18.2 Å². The summed E-state index contributed by atoms with van der Waals surface area (Å²) in [6.07, 6.45) is 0.537. The Bertz CT molecular complexity index is 428. The lowest BCUT2D eigenvalue weighted by atomic mass is 10.0. The van der Waals surface area contributed by atoms with E-state index >= 15 is 0 Å². The van der Waals surface area contributed by atoms with E-state index in [1.165, 1.54) is 6.07 Å². The van der Waals surface area contributed by atoms with E-state index in [-0.39, 0.29) is 17.3 Å². The van der Waals surface area contributed by atoms with Gasteiger partial charge in [0, 0.05) is 17.3 Å². The van der Waals surface area contributed by atoms with Crippen LogP contribution in [0.1, 0.15) is 23.7 Å². The Morgan fingerprint density at radius 1 is 1.28 bits per heavy atom. The largest absolute Gasteiger partial charge is 0.344 e. The molecule has 0 unspecified atom stereocenters. The number of rotatable bonds is 5. The first-order valence-corrected chi connectivity index (χ1v) is 6.44. The van der Waals surface area contributed by atoms with Crippen LogP contribution in [0.3, 0.4) is 0 Å². The summed E-state index contributed by atoms with van der Waals surface area (Å²) in [6.45, 7) is 1.83. The average Bonchev–Trinajstić information content (AvgIpc) is 2.39. The molecule has 0 heterocycles. The van der Waals surface area contributed by atoms with Crippen molar-refractivity contribution in [3.05, 3.63) is 35.4 Å². The van der Waals surface area contributed by atoms with Crippen molar-refractivity contribution in [3.8, 4) is 0 Å². The zero-order valence-corrected chi connectivity index (χ0v) is 11.3. The number of amides is 1. The lowest BCUT2D eigenvalue weighted by Crippen LogP contribution is -2.51. The third-order valence-corrected chi connectivity index (χ3v) is 3.77. The van der Waals surface area contributed by atoms with Crippen LogP contribution in [0.5, 0.6) is 0 Å². The van der Waals surface area contributed by atoms with Crippen LogP contribution in [0, 0.1) is 11.6 Å². The number of halogens is 4. The molecule has 0 aliphatic carbocycles. The second kappa shape index (κ2) is 6.34. The summed E-state index contributed by atoms with van der Waals surface area (Å²) in [5.74, 6) is -2.31. The summed E-state index contributed by atoms with van der Waals surface area (Å²) < 4.78 is 25.8. The molecule has 100 valence electrons. The van der Waals surface area contributed by atoms with E-state index in [4.69, 9.17) is 23.2 Å². The molecule has 6 heteroatoms. The van der Waals surface area contributed by atoms with Crippen LogP contribution in [0.25, 0.3) is 0 Å². The molecule has 2 nitrogen and oxygen atoms in total. The van der Waals surface area contributed by atoms with Crippen molar-refractivity contribution in [1.29, 1.82) is 0 Å². The van der Waals surface area contributed by atoms with Gasteiger partial charge < -0.3 is 5.32 Å². The highest BCUT2D eigenvalue weighted by Gasteiger charge is 2.28. The Morgan fingerprint density at radius 3 is 2.33 bits per heavy atom. The maximum Gasteiger partial charge on any atom is 0.251 e. The first-order valence-electron chi connectivity index (χ1n) is 5.37. The summed E-state index contributed by atoms with van der Waals surface area (Å²) in [5.41, 5.74) is -0.715. The van der Waals surface area contributed by atoms with Gasteiger partial charge in [0.1, 0.15) is 0 Å². The van der Waals surface area contributed by atoms with E-state index in [1.54, 1.807) is 0 Å². The molecule has 1 rings (SSSR count). The molecule has 1 aromatic carbocycles. The Morgan fingerprint density at radius 2 is 1.89 bits per heavy atom. The second-order valence-corrected chi connectivity index (χ2v) is 4.52. The minimum atomic E-state index is -1.07. The number of benzene rings is 1. The molecule has 18 heavy (non-hydrogen) atoms. The summed E-state index contributed by atoms with van der Waals surface area (Å²) in [7, 11) is 0. The molecule has 1 N–H and O–H groups in total. The Hall–Kier alpha value is -0.870. The summed E-state index contributed by atoms with van der Waals surface area (Å²) in [6, 6.07) is 2.95. The lowest BCUT2D eigenvalue weighted by Gasteiger charge is -2.29. The third kappa shape index (κ3) is 3.33. The first kappa shape index (κ1) is 15.2. The monoisotopic (exact) mass is 295 g/mol. The van der Waals surface area contributed by atoms with E-state index in [0.29, 0.717) is 6.42 Å². The van der Waals surface area contributed by atoms with Gasteiger partial charge in [-0.15, -0.1) is 23.2 Å². The predicted molar refractivity (Wildman–Crippen MR) is 68.3 cm³/mol. The van der Waals surface area contributed by atoms with Gasteiger partial charge in [-0.05, 0) is 24.6 Å². The van der Waals surface area contributed by atoms with Crippen LogP contribution in [-0.4, -0.2) is 23.2 Å². The average molecular weight is 296 g/mol. The molecule has 0 atom stereocenters. The fourth-order valence-electron chi connectivity index (χ4n) is 1.33. The number of hydrogen-bond acceptors (Lipinski definition) is 1. The molecule has 1 amide bonds. The van der Waals surface area contributed by atoms with Gasteiger partial charge in [-0.3, -0.25) is 4.79 Å². The summed E-state index contributed by atoms with van der Waals surface area (Å²) in [5, 5.41) is 2.65. The van der Waals surface area contributed by atoms with Crippen molar-refractivity contribution in [2.45, 2.75) is 18.9 Å². The lowest BCUT2D eigenvalue weighted by molar-refractivity contribution is 0.0913.